The molecule has 0 bridgehead atoms. The molecule has 0 saturated carbocycles. The van der Waals surface area contributed by atoms with Crippen LogP contribution in [0.1, 0.15) is 28.4 Å². The zero-order valence-corrected chi connectivity index (χ0v) is 11.7. The van der Waals surface area contributed by atoms with Crippen molar-refractivity contribution < 1.29 is 9.53 Å². The molecular formula is C16H15ClO2. The quantitative estimate of drug-likeness (QED) is 0.783. The molecule has 0 aliphatic heterocycles. The molecule has 2 rings (SSSR count). The highest BCUT2D eigenvalue weighted by molar-refractivity contribution is 6.31. The van der Waals surface area contributed by atoms with E-state index < -0.39 is 0 Å². The van der Waals surface area contributed by atoms with E-state index in [-0.39, 0.29) is 5.78 Å². The lowest BCUT2D eigenvalue weighted by Gasteiger charge is -2.08. The Labute approximate surface area is 118 Å². The molecular weight excluding hydrogens is 260 g/mol. The molecule has 3 heteroatoms. The fourth-order valence-corrected chi connectivity index (χ4v) is 2.08. The van der Waals surface area contributed by atoms with Crippen LogP contribution in [0.2, 0.25) is 5.02 Å². The first-order valence-corrected chi connectivity index (χ1v) is 6.50. The van der Waals surface area contributed by atoms with E-state index in [4.69, 9.17) is 16.3 Å². The first-order valence-electron chi connectivity index (χ1n) is 6.13. The number of carbonyl (C=O) groups excluding carboxylic acids is 1. The van der Waals surface area contributed by atoms with Crippen LogP contribution < -0.4 is 4.74 Å². The number of rotatable bonds is 4. The summed E-state index contributed by atoms with van der Waals surface area (Å²) in [5, 5.41) is 0.523. The number of aryl methyl sites for hydroxylation is 1. The van der Waals surface area contributed by atoms with Crippen LogP contribution >= 0.6 is 11.6 Å². The van der Waals surface area contributed by atoms with Gasteiger partial charge in [0.05, 0.1) is 12.7 Å². The van der Waals surface area contributed by atoms with Crippen molar-refractivity contribution in [1.82, 2.24) is 0 Å². The molecule has 0 saturated heterocycles. The second-order valence-electron chi connectivity index (χ2n) is 4.22. The Hall–Kier alpha value is -1.80. The highest BCUT2D eigenvalue weighted by atomic mass is 35.5. The number of ketones is 1. The van der Waals surface area contributed by atoms with Gasteiger partial charge in [-0.1, -0.05) is 42.8 Å². The Morgan fingerprint density at radius 2 is 1.84 bits per heavy atom. The van der Waals surface area contributed by atoms with Gasteiger partial charge in [0, 0.05) is 10.6 Å². The van der Waals surface area contributed by atoms with Crippen LogP contribution in [0.3, 0.4) is 0 Å². The first-order chi connectivity index (χ1) is 9.15. The van der Waals surface area contributed by atoms with E-state index in [1.165, 1.54) is 5.56 Å². The van der Waals surface area contributed by atoms with Gasteiger partial charge in [-0.15, -0.1) is 0 Å². The Bertz CT molecular complexity index is 588. The summed E-state index contributed by atoms with van der Waals surface area (Å²) in [6.07, 6.45) is 0.953. The molecule has 0 heterocycles. The van der Waals surface area contributed by atoms with E-state index in [2.05, 4.69) is 6.92 Å². The molecule has 2 aromatic rings. The molecule has 0 spiro atoms. The molecule has 2 nitrogen and oxygen atoms in total. The monoisotopic (exact) mass is 274 g/mol. The van der Waals surface area contributed by atoms with Crippen molar-refractivity contribution >= 4 is 17.4 Å². The number of halogens is 1. The summed E-state index contributed by atoms with van der Waals surface area (Å²) in [4.78, 5) is 12.4. The van der Waals surface area contributed by atoms with Gasteiger partial charge in [-0.05, 0) is 30.2 Å². The van der Waals surface area contributed by atoms with Crippen LogP contribution in [0.25, 0.3) is 0 Å². The molecule has 0 atom stereocenters. The zero-order valence-electron chi connectivity index (χ0n) is 10.9. The van der Waals surface area contributed by atoms with Crippen molar-refractivity contribution in [3.05, 3.63) is 64.2 Å². The lowest BCUT2D eigenvalue weighted by atomic mass is 10.0. The highest BCUT2D eigenvalue weighted by Crippen LogP contribution is 2.25. The van der Waals surface area contributed by atoms with Gasteiger partial charge in [0.1, 0.15) is 5.75 Å². The summed E-state index contributed by atoms with van der Waals surface area (Å²) in [6, 6.07) is 12.6. The standard InChI is InChI=1S/C16H15ClO2/c1-3-11-4-6-12(7-5-11)16(18)14-10-13(17)8-9-15(14)19-2/h4-10H,3H2,1-2H3. The molecule has 2 aromatic carbocycles. The SMILES string of the molecule is CCc1ccc(C(=O)c2cc(Cl)ccc2OC)cc1. The summed E-state index contributed by atoms with van der Waals surface area (Å²) >= 11 is 5.95. The Kier molecular flexibility index (Phi) is 4.23. The van der Waals surface area contributed by atoms with Crippen LogP contribution in [0.5, 0.6) is 5.75 Å². The molecule has 0 unspecified atom stereocenters. The molecule has 0 N–H and O–H groups in total. The smallest absolute Gasteiger partial charge is 0.196 e. The maximum atomic E-state index is 12.4. The average molecular weight is 275 g/mol. The largest absolute Gasteiger partial charge is 0.496 e. The first kappa shape index (κ1) is 13.6. The van der Waals surface area contributed by atoms with Crippen LogP contribution in [-0.2, 0) is 6.42 Å². The van der Waals surface area contributed by atoms with Crippen molar-refractivity contribution in [2.24, 2.45) is 0 Å². The third kappa shape index (κ3) is 2.96. The van der Waals surface area contributed by atoms with Gasteiger partial charge < -0.3 is 4.74 Å². The Balaban J connectivity index is 2.40. The molecule has 0 fully saturated rings. The lowest BCUT2D eigenvalue weighted by Crippen LogP contribution is -2.04. The average Bonchev–Trinajstić information content (AvgIpc) is 2.46. The summed E-state index contributed by atoms with van der Waals surface area (Å²) in [7, 11) is 1.54. The molecule has 98 valence electrons. The van der Waals surface area contributed by atoms with Crippen molar-refractivity contribution in [3.8, 4) is 5.75 Å². The number of hydrogen-bond acceptors (Lipinski definition) is 2. The van der Waals surface area contributed by atoms with E-state index in [9.17, 15) is 4.79 Å². The van der Waals surface area contributed by atoms with Crippen LogP contribution in [0.4, 0.5) is 0 Å². The molecule has 0 amide bonds. The Morgan fingerprint density at radius 3 is 2.42 bits per heavy atom. The van der Waals surface area contributed by atoms with Gasteiger partial charge in [-0.2, -0.15) is 0 Å². The van der Waals surface area contributed by atoms with Gasteiger partial charge in [0.15, 0.2) is 5.78 Å². The van der Waals surface area contributed by atoms with Gasteiger partial charge in [-0.3, -0.25) is 4.79 Å². The van der Waals surface area contributed by atoms with Crippen LogP contribution in [0.15, 0.2) is 42.5 Å². The minimum Gasteiger partial charge on any atom is -0.496 e. The number of benzene rings is 2. The van der Waals surface area contributed by atoms with E-state index in [0.717, 1.165) is 6.42 Å². The number of carbonyl (C=O) groups is 1. The lowest BCUT2D eigenvalue weighted by molar-refractivity contribution is 0.103. The predicted molar refractivity (Wildman–Crippen MR) is 77.3 cm³/mol. The normalized spacial score (nSPS) is 10.3. The second kappa shape index (κ2) is 5.89. The summed E-state index contributed by atoms with van der Waals surface area (Å²) in [6.45, 7) is 2.08. The number of ether oxygens (including phenoxy) is 1. The minimum absolute atomic E-state index is 0.0815. The fourth-order valence-electron chi connectivity index (χ4n) is 1.90. The molecule has 0 aromatic heterocycles. The van der Waals surface area contributed by atoms with Crippen molar-refractivity contribution in [2.45, 2.75) is 13.3 Å². The van der Waals surface area contributed by atoms with Crippen molar-refractivity contribution in [1.29, 1.82) is 0 Å². The van der Waals surface area contributed by atoms with Gasteiger partial charge in [0.2, 0.25) is 0 Å². The summed E-state index contributed by atoms with van der Waals surface area (Å²) < 4.78 is 5.21. The van der Waals surface area contributed by atoms with E-state index >= 15 is 0 Å². The number of methoxy groups -OCH3 is 1. The molecule has 0 aliphatic rings. The van der Waals surface area contributed by atoms with E-state index in [1.807, 2.05) is 24.3 Å². The van der Waals surface area contributed by atoms with Crippen molar-refractivity contribution in [3.63, 3.8) is 0 Å². The minimum atomic E-state index is -0.0815. The maximum Gasteiger partial charge on any atom is 0.196 e. The predicted octanol–water partition coefficient (Wildman–Crippen LogP) is 4.14. The third-order valence-electron chi connectivity index (χ3n) is 3.03. The highest BCUT2D eigenvalue weighted by Gasteiger charge is 2.14. The summed E-state index contributed by atoms with van der Waals surface area (Å²) in [5.41, 5.74) is 2.33. The van der Waals surface area contributed by atoms with Crippen molar-refractivity contribution in [2.75, 3.05) is 7.11 Å². The van der Waals surface area contributed by atoms with Gasteiger partial charge in [-0.25, -0.2) is 0 Å². The molecule has 0 aliphatic carbocycles. The van der Waals surface area contributed by atoms with Gasteiger partial charge in [0.25, 0.3) is 0 Å². The fraction of sp³-hybridized carbons (Fsp3) is 0.188. The number of hydrogen-bond donors (Lipinski definition) is 0. The summed E-state index contributed by atoms with van der Waals surface area (Å²) in [5.74, 6) is 0.455. The molecule has 0 radical (unpaired) electrons. The topological polar surface area (TPSA) is 26.3 Å². The van der Waals surface area contributed by atoms with E-state index in [0.29, 0.717) is 21.9 Å². The maximum absolute atomic E-state index is 12.4. The van der Waals surface area contributed by atoms with E-state index in [1.54, 1.807) is 25.3 Å². The third-order valence-corrected chi connectivity index (χ3v) is 3.27. The van der Waals surface area contributed by atoms with Crippen LogP contribution in [-0.4, -0.2) is 12.9 Å². The zero-order chi connectivity index (χ0) is 13.8. The second-order valence-corrected chi connectivity index (χ2v) is 4.66. The Morgan fingerprint density at radius 1 is 1.16 bits per heavy atom. The molecule has 19 heavy (non-hydrogen) atoms. The van der Waals surface area contributed by atoms with Crippen LogP contribution in [0, 0.1) is 0 Å². The van der Waals surface area contributed by atoms with Gasteiger partial charge >= 0.3 is 0 Å².